The van der Waals surface area contributed by atoms with E-state index in [2.05, 4.69) is 0 Å². The summed E-state index contributed by atoms with van der Waals surface area (Å²) in [7, 11) is 0. The van der Waals surface area contributed by atoms with Gasteiger partial charge in [0.15, 0.2) is 0 Å². The molecule has 15 heavy (non-hydrogen) atoms. The van der Waals surface area contributed by atoms with Crippen molar-refractivity contribution in [1.82, 2.24) is 0 Å². The van der Waals surface area contributed by atoms with Crippen LogP contribution in [-0.2, 0) is 0 Å². The molecule has 0 bridgehead atoms. The minimum atomic E-state index is -1.67. The van der Waals surface area contributed by atoms with Crippen LogP contribution in [0, 0.1) is 11.3 Å². The highest BCUT2D eigenvalue weighted by Crippen LogP contribution is 2.03. The second kappa shape index (κ2) is 9.79. The van der Waals surface area contributed by atoms with Crippen LogP contribution in [0.1, 0.15) is 6.92 Å². The van der Waals surface area contributed by atoms with E-state index in [1.54, 1.807) is 6.07 Å². The standard InChI is InChI=1S/C6H14O6.C2H3N/c7-1-3(9)5(11)6(12)4(10)2-8;1-2-3/h3-12H,1-2H2;1H3/t3-,4+,5-,6-;/m1./s1. The first kappa shape index (κ1) is 16.7. The molecule has 0 rings (SSSR count). The van der Waals surface area contributed by atoms with Gasteiger partial charge in [0.2, 0.25) is 0 Å². The van der Waals surface area contributed by atoms with Crippen molar-refractivity contribution in [2.45, 2.75) is 31.3 Å². The van der Waals surface area contributed by atoms with Crippen molar-refractivity contribution in [3.8, 4) is 6.07 Å². The molecule has 0 aliphatic rings. The first-order chi connectivity index (χ1) is 6.95. The lowest BCUT2D eigenvalue weighted by Crippen LogP contribution is -2.46. The van der Waals surface area contributed by atoms with E-state index in [0.29, 0.717) is 0 Å². The molecule has 7 nitrogen and oxygen atoms in total. The van der Waals surface area contributed by atoms with E-state index in [1.165, 1.54) is 6.92 Å². The normalized spacial score (nSPS) is 17.7. The van der Waals surface area contributed by atoms with Gasteiger partial charge in [-0.3, -0.25) is 0 Å². The maximum atomic E-state index is 8.96. The van der Waals surface area contributed by atoms with Crippen LogP contribution in [0.5, 0.6) is 0 Å². The smallest absolute Gasteiger partial charge is 0.111 e. The summed E-state index contributed by atoms with van der Waals surface area (Å²) in [5.41, 5.74) is 0. The largest absolute Gasteiger partial charge is 0.394 e. The highest BCUT2D eigenvalue weighted by Gasteiger charge is 2.29. The third-order valence-electron chi connectivity index (χ3n) is 1.51. The summed E-state index contributed by atoms with van der Waals surface area (Å²) < 4.78 is 0. The van der Waals surface area contributed by atoms with Crippen LogP contribution < -0.4 is 0 Å². The molecule has 0 aromatic carbocycles. The molecule has 0 unspecified atom stereocenters. The molecule has 0 aliphatic carbocycles. The first-order valence-corrected chi connectivity index (χ1v) is 4.21. The SMILES string of the molecule is CC#N.OC[C@@H](O)[C@@H](O)[C@H](O)[C@@H](O)CO. The molecule has 6 N–H and O–H groups in total. The Balaban J connectivity index is 0. The van der Waals surface area contributed by atoms with E-state index in [0.717, 1.165) is 0 Å². The average molecular weight is 223 g/mol. The Bertz CT molecular complexity index is 168. The summed E-state index contributed by atoms with van der Waals surface area (Å²) in [5.74, 6) is 0. The van der Waals surface area contributed by atoms with E-state index >= 15 is 0 Å². The van der Waals surface area contributed by atoms with Gasteiger partial charge in [0.25, 0.3) is 0 Å². The number of nitriles is 1. The Morgan fingerprint density at radius 2 is 1.13 bits per heavy atom. The van der Waals surface area contributed by atoms with Gasteiger partial charge in [-0.05, 0) is 0 Å². The molecule has 90 valence electrons. The van der Waals surface area contributed by atoms with Crippen molar-refractivity contribution < 1.29 is 30.6 Å². The molecular weight excluding hydrogens is 206 g/mol. The van der Waals surface area contributed by atoms with Crippen molar-refractivity contribution >= 4 is 0 Å². The lowest BCUT2D eigenvalue weighted by Gasteiger charge is -2.24. The van der Waals surface area contributed by atoms with E-state index in [-0.39, 0.29) is 0 Å². The number of aliphatic hydroxyl groups excluding tert-OH is 6. The minimum absolute atomic E-state index is 0.726. The zero-order valence-corrected chi connectivity index (χ0v) is 8.35. The maximum absolute atomic E-state index is 8.96. The number of aliphatic hydroxyl groups is 6. The van der Waals surface area contributed by atoms with E-state index in [9.17, 15) is 0 Å². The van der Waals surface area contributed by atoms with Crippen molar-refractivity contribution in [2.75, 3.05) is 13.2 Å². The molecule has 0 amide bonds. The molecule has 0 spiro atoms. The van der Waals surface area contributed by atoms with Crippen molar-refractivity contribution in [3.63, 3.8) is 0 Å². The van der Waals surface area contributed by atoms with Gasteiger partial charge in [0.05, 0.1) is 19.3 Å². The molecule has 0 aromatic rings. The maximum Gasteiger partial charge on any atom is 0.111 e. The summed E-state index contributed by atoms with van der Waals surface area (Å²) in [4.78, 5) is 0. The fraction of sp³-hybridized carbons (Fsp3) is 0.875. The summed E-state index contributed by atoms with van der Waals surface area (Å²) in [5, 5.41) is 59.5. The molecule has 0 aromatic heterocycles. The number of nitrogens with zero attached hydrogens (tertiary/aromatic N) is 1. The molecule has 0 fully saturated rings. The second-order valence-electron chi connectivity index (χ2n) is 2.70. The minimum Gasteiger partial charge on any atom is -0.394 e. The van der Waals surface area contributed by atoms with Crippen molar-refractivity contribution in [1.29, 1.82) is 5.26 Å². The van der Waals surface area contributed by atoms with Crippen LogP contribution in [0.15, 0.2) is 0 Å². The monoisotopic (exact) mass is 223 g/mol. The van der Waals surface area contributed by atoms with Crippen LogP contribution in [0.2, 0.25) is 0 Å². The van der Waals surface area contributed by atoms with Gasteiger partial charge in [-0.1, -0.05) is 0 Å². The lowest BCUT2D eigenvalue weighted by molar-refractivity contribution is -0.123. The van der Waals surface area contributed by atoms with Gasteiger partial charge in [-0.25, -0.2) is 0 Å². The van der Waals surface area contributed by atoms with Gasteiger partial charge < -0.3 is 30.6 Å². The van der Waals surface area contributed by atoms with Crippen LogP contribution >= 0.6 is 0 Å². The predicted octanol–water partition coefficient (Wildman–Crippen LogP) is -3.06. The third kappa shape index (κ3) is 7.21. The van der Waals surface area contributed by atoms with Crippen LogP contribution in [0.25, 0.3) is 0 Å². The molecule has 0 aliphatic heterocycles. The highest BCUT2D eigenvalue weighted by molar-refractivity contribution is 4.79. The van der Waals surface area contributed by atoms with Crippen LogP contribution in [-0.4, -0.2) is 68.3 Å². The Kier molecular flexibility index (Phi) is 10.9. The zero-order chi connectivity index (χ0) is 12.4. The summed E-state index contributed by atoms with van der Waals surface area (Å²) in [6, 6.07) is 1.75. The fourth-order valence-corrected chi connectivity index (χ4v) is 0.671. The summed E-state index contributed by atoms with van der Waals surface area (Å²) >= 11 is 0. The molecule has 0 saturated heterocycles. The van der Waals surface area contributed by atoms with E-state index in [1.807, 2.05) is 0 Å². The quantitative estimate of drug-likeness (QED) is 0.290. The number of hydrogen-bond donors (Lipinski definition) is 6. The van der Waals surface area contributed by atoms with Crippen molar-refractivity contribution in [2.24, 2.45) is 0 Å². The highest BCUT2D eigenvalue weighted by atomic mass is 16.4. The van der Waals surface area contributed by atoms with Gasteiger partial charge in [0.1, 0.15) is 24.4 Å². The Hall–Kier alpha value is -0.750. The lowest BCUT2D eigenvalue weighted by atomic mass is 10.0. The molecule has 4 atom stereocenters. The fourth-order valence-electron chi connectivity index (χ4n) is 0.671. The Labute approximate surface area is 87.5 Å². The Morgan fingerprint density at radius 1 is 0.933 bits per heavy atom. The van der Waals surface area contributed by atoms with Gasteiger partial charge >= 0.3 is 0 Å². The predicted molar refractivity (Wildman–Crippen MR) is 49.5 cm³/mol. The molecule has 0 saturated carbocycles. The molecule has 7 heteroatoms. The molecule has 0 radical (unpaired) electrons. The Morgan fingerprint density at radius 3 is 1.27 bits per heavy atom. The van der Waals surface area contributed by atoms with Crippen LogP contribution in [0.4, 0.5) is 0 Å². The third-order valence-corrected chi connectivity index (χ3v) is 1.51. The van der Waals surface area contributed by atoms with Crippen LogP contribution in [0.3, 0.4) is 0 Å². The molecule has 0 heterocycles. The average Bonchev–Trinajstić information content (AvgIpc) is 2.25. The topological polar surface area (TPSA) is 145 Å². The zero-order valence-electron chi connectivity index (χ0n) is 8.35. The second-order valence-corrected chi connectivity index (χ2v) is 2.70. The van der Waals surface area contributed by atoms with E-state index in [4.69, 9.17) is 35.9 Å². The summed E-state index contributed by atoms with van der Waals surface area (Å²) in [6.45, 7) is -0.0211. The first-order valence-electron chi connectivity index (χ1n) is 4.21. The van der Waals surface area contributed by atoms with E-state index < -0.39 is 37.6 Å². The van der Waals surface area contributed by atoms with Gasteiger partial charge in [0, 0.05) is 6.92 Å². The van der Waals surface area contributed by atoms with Crippen molar-refractivity contribution in [3.05, 3.63) is 0 Å². The number of rotatable bonds is 5. The number of hydrogen-bond acceptors (Lipinski definition) is 7. The van der Waals surface area contributed by atoms with Gasteiger partial charge in [-0.2, -0.15) is 5.26 Å². The van der Waals surface area contributed by atoms with Gasteiger partial charge in [-0.15, -0.1) is 0 Å². The summed E-state index contributed by atoms with van der Waals surface area (Å²) in [6.07, 6.45) is -6.39. The molecular formula is C8H17NO6.